The molecule has 0 aromatic heterocycles. The van der Waals surface area contributed by atoms with Gasteiger partial charge in [0.1, 0.15) is 5.75 Å². The fourth-order valence-electron chi connectivity index (χ4n) is 3.07. The van der Waals surface area contributed by atoms with Crippen LogP contribution in [-0.4, -0.2) is 29.9 Å². The average molecular weight is 360 g/mol. The van der Waals surface area contributed by atoms with E-state index in [4.69, 9.17) is 16.2 Å². The Balaban J connectivity index is 2.29. The van der Waals surface area contributed by atoms with Crippen molar-refractivity contribution in [2.45, 2.75) is 65.0 Å². The normalized spacial score (nSPS) is 16.2. The Hall–Kier alpha value is -2.57. The minimum Gasteiger partial charge on any atom is -0.478 e. The van der Waals surface area contributed by atoms with Crippen LogP contribution < -0.4 is 21.1 Å². The van der Waals surface area contributed by atoms with Gasteiger partial charge in [-0.25, -0.2) is 0 Å². The Kier molecular flexibility index (Phi) is 6.60. The average Bonchev–Trinajstić information content (AvgIpc) is 2.57. The van der Waals surface area contributed by atoms with Crippen molar-refractivity contribution in [3.8, 4) is 5.75 Å². The van der Waals surface area contributed by atoms with Gasteiger partial charge in [0.05, 0.1) is 5.69 Å². The van der Waals surface area contributed by atoms with Crippen LogP contribution in [0.4, 0.5) is 5.69 Å². The molecule has 1 aliphatic rings. The highest BCUT2D eigenvalue weighted by atomic mass is 16.5. The van der Waals surface area contributed by atoms with Gasteiger partial charge in [0.15, 0.2) is 12.1 Å². The number of carbonyl (C=O) groups excluding carboxylic acids is 2. The molecule has 0 saturated heterocycles. The van der Waals surface area contributed by atoms with Crippen LogP contribution in [0.5, 0.6) is 5.75 Å². The quantitative estimate of drug-likeness (QED) is 0.441. The number of fused-ring (bicyclic) bond motifs is 1. The molecule has 1 heterocycles. The van der Waals surface area contributed by atoms with E-state index in [1.54, 1.807) is 23.1 Å². The zero-order chi connectivity index (χ0) is 19.3. The molecular weight excluding hydrogens is 332 g/mol. The predicted molar refractivity (Wildman–Crippen MR) is 102 cm³/mol. The lowest BCUT2D eigenvalue weighted by atomic mass is 10.0. The van der Waals surface area contributed by atoms with Crippen molar-refractivity contribution in [1.82, 2.24) is 0 Å². The standard InChI is InChI=1S/C19H28N4O3/c1-4-5-6-7-8-15-18(25)23(12(2)3)14-10-9-13(11-16(14)26-15)17(24)22-19(20)21/h9-12,15H,4-8H2,1-3H3,(H4,20,21,22,24). The first-order valence-electron chi connectivity index (χ1n) is 9.12. The lowest BCUT2D eigenvalue weighted by molar-refractivity contribution is -0.127. The van der Waals surface area contributed by atoms with Crippen molar-refractivity contribution >= 4 is 23.5 Å². The SMILES string of the molecule is CCCCCCC1Oc2cc(C(=O)N=C(N)N)ccc2N(C(C)C)C1=O. The lowest BCUT2D eigenvalue weighted by Gasteiger charge is -2.37. The van der Waals surface area contributed by atoms with Gasteiger partial charge in [0.25, 0.3) is 11.8 Å². The number of benzene rings is 1. The van der Waals surface area contributed by atoms with E-state index in [1.807, 2.05) is 13.8 Å². The molecule has 0 saturated carbocycles. The molecule has 4 N–H and O–H groups in total. The van der Waals surface area contributed by atoms with Gasteiger partial charge in [-0.05, 0) is 44.9 Å². The lowest BCUT2D eigenvalue weighted by Crippen LogP contribution is -2.49. The van der Waals surface area contributed by atoms with Crippen LogP contribution in [0.2, 0.25) is 0 Å². The Bertz CT molecular complexity index is 696. The number of nitrogens with zero attached hydrogens (tertiary/aromatic N) is 2. The summed E-state index contributed by atoms with van der Waals surface area (Å²) in [5.74, 6) is -0.354. The molecular formula is C19H28N4O3. The first kappa shape index (κ1) is 19.8. The Labute approximate surface area is 154 Å². The van der Waals surface area contributed by atoms with E-state index in [0.717, 1.165) is 25.7 Å². The molecule has 1 aromatic carbocycles. The maximum absolute atomic E-state index is 12.8. The largest absolute Gasteiger partial charge is 0.478 e. The van der Waals surface area contributed by atoms with Crippen molar-refractivity contribution in [1.29, 1.82) is 0 Å². The monoisotopic (exact) mass is 360 g/mol. The van der Waals surface area contributed by atoms with Crippen molar-refractivity contribution in [2.75, 3.05) is 4.90 Å². The highest BCUT2D eigenvalue weighted by Crippen LogP contribution is 2.37. The third kappa shape index (κ3) is 4.53. The van der Waals surface area contributed by atoms with E-state index in [1.165, 1.54) is 0 Å². The van der Waals surface area contributed by atoms with Gasteiger partial charge in [-0.15, -0.1) is 0 Å². The van der Waals surface area contributed by atoms with E-state index in [-0.39, 0.29) is 17.9 Å². The first-order chi connectivity index (χ1) is 12.3. The highest BCUT2D eigenvalue weighted by Gasteiger charge is 2.35. The summed E-state index contributed by atoms with van der Waals surface area (Å²) in [5, 5.41) is 0. The third-order valence-electron chi connectivity index (χ3n) is 4.32. The number of unbranched alkanes of at least 4 members (excludes halogenated alkanes) is 3. The van der Waals surface area contributed by atoms with E-state index in [2.05, 4.69) is 11.9 Å². The van der Waals surface area contributed by atoms with Gasteiger partial charge in [-0.2, -0.15) is 4.99 Å². The number of nitrogens with two attached hydrogens (primary N) is 2. The molecule has 26 heavy (non-hydrogen) atoms. The second-order valence-corrected chi connectivity index (χ2v) is 6.78. The highest BCUT2D eigenvalue weighted by molar-refractivity contribution is 6.04. The molecule has 7 heteroatoms. The molecule has 0 aliphatic carbocycles. The molecule has 142 valence electrons. The molecule has 1 unspecified atom stereocenters. The fraction of sp³-hybridized carbons (Fsp3) is 0.526. The molecule has 7 nitrogen and oxygen atoms in total. The number of rotatable bonds is 7. The molecule has 0 bridgehead atoms. The van der Waals surface area contributed by atoms with Gasteiger partial charge in [-0.3, -0.25) is 9.59 Å². The number of guanidine groups is 1. The maximum atomic E-state index is 12.8. The number of anilines is 1. The van der Waals surface area contributed by atoms with E-state index >= 15 is 0 Å². The summed E-state index contributed by atoms with van der Waals surface area (Å²) in [7, 11) is 0. The summed E-state index contributed by atoms with van der Waals surface area (Å²) < 4.78 is 5.95. The summed E-state index contributed by atoms with van der Waals surface area (Å²) in [6.45, 7) is 6.06. The second kappa shape index (κ2) is 8.69. The van der Waals surface area contributed by atoms with Gasteiger partial charge in [-0.1, -0.05) is 26.2 Å². The van der Waals surface area contributed by atoms with Gasteiger partial charge in [0, 0.05) is 11.6 Å². The first-order valence-corrected chi connectivity index (χ1v) is 9.12. The van der Waals surface area contributed by atoms with E-state index < -0.39 is 12.0 Å². The summed E-state index contributed by atoms with van der Waals surface area (Å²) in [6, 6.07) is 4.89. The summed E-state index contributed by atoms with van der Waals surface area (Å²) in [4.78, 5) is 30.2. The van der Waals surface area contributed by atoms with Crippen LogP contribution in [0, 0.1) is 0 Å². The Morgan fingerprint density at radius 1 is 1.27 bits per heavy atom. The van der Waals surface area contributed by atoms with Crippen LogP contribution in [0.1, 0.15) is 63.2 Å². The molecule has 2 amide bonds. The minimum absolute atomic E-state index is 0.0115. The van der Waals surface area contributed by atoms with Crippen molar-refractivity contribution < 1.29 is 14.3 Å². The van der Waals surface area contributed by atoms with Gasteiger partial charge in [0.2, 0.25) is 0 Å². The van der Waals surface area contributed by atoms with Crippen LogP contribution in [0.25, 0.3) is 0 Å². The minimum atomic E-state index is -0.538. The van der Waals surface area contributed by atoms with E-state index in [9.17, 15) is 9.59 Å². The molecule has 0 spiro atoms. The number of aliphatic imine (C=N–C) groups is 1. The smallest absolute Gasteiger partial charge is 0.280 e. The van der Waals surface area contributed by atoms with Crippen molar-refractivity contribution in [3.05, 3.63) is 23.8 Å². The molecule has 0 radical (unpaired) electrons. The van der Waals surface area contributed by atoms with Crippen LogP contribution >= 0.6 is 0 Å². The number of carbonyl (C=O) groups is 2. The zero-order valence-electron chi connectivity index (χ0n) is 15.7. The molecule has 1 atom stereocenters. The number of hydrogen-bond acceptors (Lipinski definition) is 3. The molecule has 0 fully saturated rings. The van der Waals surface area contributed by atoms with Crippen LogP contribution in [0.3, 0.4) is 0 Å². The fourth-order valence-corrected chi connectivity index (χ4v) is 3.07. The number of ether oxygens (including phenoxy) is 1. The van der Waals surface area contributed by atoms with Crippen LogP contribution in [0.15, 0.2) is 23.2 Å². The molecule has 1 aromatic rings. The second-order valence-electron chi connectivity index (χ2n) is 6.78. The third-order valence-corrected chi connectivity index (χ3v) is 4.32. The number of amides is 2. The van der Waals surface area contributed by atoms with Crippen LogP contribution in [-0.2, 0) is 4.79 Å². The van der Waals surface area contributed by atoms with Crippen molar-refractivity contribution in [2.24, 2.45) is 16.5 Å². The topological polar surface area (TPSA) is 111 Å². The van der Waals surface area contributed by atoms with Gasteiger partial charge < -0.3 is 21.1 Å². The Morgan fingerprint density at radius 3 is 2.62 bits per heavy atom. The summed E-state index contributed by atoms with van der Waals surface area (Å²) in [6.07, 6.45) is 4.40. The molecule has 1 aliphatic heterocycles. The van der Waals surface area contributed by atoms with E-state index in [0.29, 0.717) is 23.4 Å². The van der Waals surface area contributed by atoms with Crippen molar-refractivity contribution in [3.63, 3.8) is 0 Å². The zero-order valence-corrected chi connectivity index (χ0v) is 15.7. The predicted octanol–water partition coefficient (Wildman–Crippen LogP) is 2.57. The molecule has 2 rings (SSSR count). The Morgan fingerprint density at radius 2 is 2.00 bits per heavy atom. The summed E-state index contributed by atoms with van der Waals surface area (Å²) >= 11 is 0. The number of hydrogen-bond donors (Lipinski definition) is 2. The van der Waals surface area contributed by atoms with Gasteiger partial charge >= 0.3 is 0 Å². The summed E-state index contributed by atoms with van der Waals surface area (Å²) in [5.41, 5.74) is 11.5. The maximum Gasteiger partial charge on any atom is 0.280 e.